The fourth-order valence-electron chi connectivity index (χ4n) is 5.34. The number of carbonyl (C=O) groups is 1. The maximum Gasteiger partial charge on any atom is 0.309 e. The Kier molecular flexibility index (Phi) is 9.14. The van der Waals surface area contributed by atoms with Gasteiger partial charge in [0, 0.05) is 45.2 Å². The molecule has 2 aliphatic rings. The molecule has 0 radical (unpaired) electrons. The van der Waals surface area contributed by atoms with Crippen molar-refractivity contribution in [2.24, 2.45) is 5.92 Å². The smallest absolute Gasteiger partial charge is 0.309 e. The van der Waals surface area contributed by atoms with Gasteiger partial charge >= 0.3 is 5.97 Å². The zero-order valence-electron chi connectivity index (χ0n) is 22.0. The van der Waals surface area contributed by atoms with E-state index < -0.39 is 28.0 Å². The van der Waals surface area contributed by atoms with E-state index in [9.17, 15) is 18.3 Å². The van der Waals surface area contributed by atoms with Gasteiger partial charge < -0.3 is 24.1 Å². The summed E-state index contributed by atoms with van der Waals surface area (Å²) < 4.78 is 48.7. The van der Waals surface area contributed by atoms with Gasteiger partial charge in [0.1, 0.15) is 5.75 Å². The highest BCUT2D eigenvalue weighted by Gasteiger charge is 2.47. The summed E-state index contributed by atoms with van der Waals surface area (Å²) in [6, 6.07) is 12.5. The molecule has 0 spiro atoms. The number of sulfonamides is 1. The highest BCUT2D eigenvalue weighted by atomic mass is 32.2. The lowest BCUT2D eigenvalue weighted by Gasteiger charge is -2.30. The number of nitrogens with zero attached hydrogens (tertiary/aromatic N) is 2. The number of fused-ring (bicyclic) bond motifs is 1. The summed E-state index contributed by atoms with van der Waals surface area (Å²) in [5, 5.41) is 10.4. The Labute approximate surface area is 224 Å². The lowest BCUT2D eigenvalue weighted by atomic mass is 9.82. The minimum atomic E-state index is -3.51. The van der Waals surface area contributed by atoms with Gasteiger partial charge in [-0.3, -0.25) is 9.69 Å². The standard InChI is InChI=1S/C27H36N2O8S/c1-4-11-29(38(32,33)15-14-34-2)13-12-28-17-22(20-7-10-23-24(16-20)37-18-36-23)25(27(30)31)26(28)19-5-8-21(35-3)9-6-19/h5-10,16,22,25-26H,4,11-15,17-18H2,1-3H3,(H,30,31)/t22-,25+,26+/m0/s1. The maximum atomic E-state index is 13.0. The summed E-state index contributed by atoms with van der Waals surface area (Å²) in [5.74, 6) is -0.177. The first kappa shape index (κ1) is 28.2. The van der Waals surface area contributed by atoms with E-state index in [0.717, 1.165) is 11.1 Å². The molecule has 3 atom stereocenters. The summed E-state index contributed by atoms with van der Waals surface area (Å²) in [4.78, 5) is 14.8. The number of carboxylic acids is 1. The second-order valence-corrected chi connectivity index (χ2v) is 11.6. The quantitative estimate of drug-likeness (QED) is 0.403. The first-order valence-electron chi connectivity index (χ1n) is 12.8. The second kappa shape index (κ2) is 12.3. The molecule has 208 valence electrons. The van der Waals surface area contributed by atoms with Crippen LogP contribution in [0.2, 0.25) is 0 Å². The van der Waals surface area contributed by atoms with Crippen molar-refractivity contribution in [3.8, 4) is 17.2 Å². The van der Waals surface area contributed by atoms with Gasteiger partial charge in [-0.05, 0) is 41.8 Å². The van der Waals surface area contributed by atoms with Gasteiger partial charge in [0.05, 0.1) is 25.4 Å². The Morgan fingerprint density at radius 2 is 1.79 bits per heavy atom. The molecule has 10 nitrogen and oxygen atoms in total. The van der Waals surface area contributed by atoms with Crippen molar-refractivity contribution in [2.45, 2.75) is 25.3 Å². The Morgan fingerprint density at radius 1 is 1.08 bits per heavy atom. The highest BCUT2D eigenvalue weighted by molar-refractivity contribution is 7.89. The van der Waals surface area contributed by atoms with Crippen molar-refractivity contribution in [2.75, 3.05) is 59.6 Å². The number of benzene rings is 2. The molecule has 2 aromatic carbocycles. The Balaban J connectivity index is 1.66. The second-order valence-electron chi connectivity index (χ2n) is 9.50. The van der Waals surface area contributed by atoms with Crippen molar-refractivity contribution < 1.29 is 37.3 Å². The summed E-state index contributed by atoms with van der Waals surface area (Å²) in [6.45, 7) is 3.67. The van der Waals surface area contributed by atoms with Crippen molar-refractivity contribution in [1.82, 2.24) is 9.21 Å². The van der Waals surface area contributed by atoms with Gasteiger partial charge in [0.25, 0.3) is 0 Å². The molecule has 0 aromatic heterocycles. The Bertz CT molecular complexity index is 1200. The van der Waals surface area contributed by atoms with Crippen LogP contribution in [0.3, 0.4) is 0 Å². The van der Waals surface area contributed by atoms with Crippen LogP contribution in [0, 0.1) is 5.92 Å². The largest absolute Gasteiger partial charge is 0.497 e. The lowest BCUT2D eigenvalue weighted by molar-refractivity contribution is -0.143. The van der Waals surface area contributed by atoms with Crippen LogP contribution < -0.4 is 14.2 Å². The molecule has 0 bridgehead atoms. The van der Waals surface area contributed by atoms with Crippen molar-refractivity contribution in [3.05, 3.63) is 53.6 Å². The van der Waals surface area contributed by atoms with Gasteiger partial charge in [-0.15, -0.1) is 0 Å². The van der Waals surface area contributed by atoms with Crippen LogP contribution >= 0.6 is 0 Å². The zero-order valence-corrected chi connectivity index (χ0v) is 22.9. The fourth-order valence-corrected chi connectivity index (χ4v) is 6.79. The van der Waals surface area contributed by atoms with E-state index in [0.29, 0.717) is 43.3 Å². The van der Waals surface area contributed by atoms with E-state index in [2.05, 4.69) is 4.90 Å². The monoisotopic (exact) mass is 548 g/mol. The lowest BCUT2D eigenvalue weighted by Crippen LogP contribution is -2.41. The van der Waals surface area contributed by atoms with Gasteiger partial charge in [0.2, 0.25) is 16.8 Å². The number of rotatable bonds is 13. The van der Waals surface area contributed by atoms with E-state index >= 15 is 0 Å². The summed E-state index contributed by atoms with van der Waals surface area (Å²) >= 11 is 0. The van der Waals surface area contributed by atoms with E-state index in [4.69, 9.17) is 18.9 Å². The van der Waals surface area contributed by atoms with Crippen molar-refractivity contribution >= 4 is 16.0 Å². The first-order chi connectivity index (χ1) is 18.3. The Morgan fingerprint density at radius 3 is 2.45 bits per heavy atom. The van der Waals surface area contributed by atoms with Crippen LogP contribution in [0.4, 0.5) is 0 Å². The predicted molar refractivity (Wildman–Crippen MR) is 141 cm³/mol. The summed E-state index contributed by atoms with van der Waals surface area (Å²) in [5.41, 5.74) is 1.69. The van der Waals surface area contributed by atoms with Gasteiger partial charge in [-0.25, -0.2) is 12.7 Å². The molecule has 1 N–H and O–H groups in total. The molecular weight excluding hydrogens is 512 g/mol. The Hall–Kier alpha value is -2.86. The summed E-state index contributed by atoms with van der Waals surface area (Å²) in [6.07, 6.45) is 0.672. The van der Waals surface area contributed by atoms with Crippen LogP contribution in [-0.2, 0) is 19.6 Å². The van der Waals surface area contributed by atoms with Crippen molar-refractivity contribution in [3.63, 3.8) is 0 Å². The number of hydrogen-bond acceptors (Lipinski definition) is 8. The molecule has 38 heavy (non-hydrogen) atoms. The molecule has 1 fully saturated rings. The van der Waals surface area contributed by atoms with E-state index in [1.807, 2.05) is 49.4 Å². The topological polar surface area (TPSA) is 115 Å². The third kappa shape index (κ3) is 6.06. The molecule has 1 saturated heterocycles. The zero-order chi connectivity index (χ0) is 27.3. The van der Waals surface area contributed by atoms with Crippen molar-refractivity contribution in [1.29, 1.82) is 0 Å². The number of likely N-dealkylation sites (tertiary alicyclic amines) is 1. The SMILES string of the molecule is CCCN(CCN1C[C@@H](c2ccc3c(c2)OCO3)[C@@H](C(=O)O)[C@H]1c1ccc(OC)cc1)S(=O)(=O)CCOC. The van der Waals surface area contributed by atoms with Gasteiger partial charge in [-0.1, -0.05) is 25.1 Å². The molecule has 0 unspecified atom stereocenters. The van der Waals surface area contributed by atoms with Gasteiger partial charge in [0.15, 0.2) is 11.5 Å². The number of carboxylic acid groups (broad SMARTS) is 1. The number of methoxy groups -OCH3 is 2. The fraction of sp³-hybridized carbons (Fsp3) is 0.519. The molecule has 0 amide bonds. The van der Waals surface area contributed by atoms with Gasteiger partial charge in [-0.2, -0.15) is 0 Å². The van der Waals surface area contributed by atoms with E-state index in [-0.39, 0.29) is 31.6 Å². The minimum Gasteiger partial charge on any atom is -0.497 e. The summed E-state index contributed by atoms with van der Waals surface area (Å²) in [7, 11) is -0.453. The molecule has 4 rings (SSSR count). The molecule has 2 aromatic rings. The number of hydrogen-bond donors (Lipinski definition) is 1. The van der Waals surface area contributed by atoms with E-state index in [1.165, 1.54) is 11.4 Å². The molecule has 11 heteroatoms. The molecule has 2 heterocycles. The normalized spacial score (nSPS) is 21.2. The molecule has 0 saturated carbocycles. The molecule has 0 aliphatic carbocycles. The minimum absolute atomic E-state index is 0.0943. The number of aliphatic carboxylic acids is 1. The van der Waals surface area contributed by atoms with Crippen LogP contribution in [0.5, 0.6) is 17.2 Å². The van der Waals surface area contributed by atoms with Crippen LogP contribution in [0.25, 0.3) is 0 Å². The van der Waals surface area contributed by atoms with Crippen LogP contribution in [0.1, 0.15) is 36.4 Å². The average Bonchev–Trinajstić information content (AvgIpc) is 3.54. The first-order valence-corrected chi connectivity index (χ1v) is 14.4. The number of ether oxygens (including phenoxy) is 4. The molecular formula is C27H36N2O8S. The third-order valence-corrected chi connectivity index (χ3v) is 9.05. The third-order valence-electron chi connectivity index (χ3n) is 7.21. The molecule has 2 aliphatic heterocycles. The highest BCUT2D eigenvalue weighted by Crippen LogP contribution is 2.47. The maximum absolute atomic E-state index is 13.0. The average molecular weight is 549 g/mol. The predicted octanol–water partition coefficient (Wildman–Crippen LogP) is 2.95. The van der Waals surface area contributed by atoms with Crippen LogP contribution in [0.15, 0.2) is 42.5 Å². The van der Waals surface area contributed by atoms with Crippen LogP contribution in [-0.4, -0.2) is 88.3 Å². The van der Waals surface area contributed by atoms with E-state index in [1.54, 1.807) is 7.11 Å².